The number of hydrogen-bond acceptors (Lipinski definition) is 4. The van der Waals surface area contributed by atoms with Gasteiger partial charge in [-0.15, -0.1) is 11.3 Å². The second-order valence-electron chi connectivity index (χ2n) is 4.94. The highest BCUT2D eigenvalue weighted by atomic mass is 32.1. The number of nitrogens with one attached hydrogen (secondary N) is 1. The molecular formula is C16H17N3S. The molecule has 1 atom stereocenters. The van der Waals surface area contributed by atoms with E-state index < -0.39 is 0 Å². The van der Waals surface area contributed by atoms with Crippen molar-refractivity contribution in [2.24, 2.45) is 0 Å². The van der Waals surface area contributed by atoms with E-state index in [9.17, 15) is 0 Å². The molecule has 0 aliphatic rings. The first-order valence-electron chi connectivity index (χ1n) is 6.60. The number of thiophene rings is 1. The number of pyridine rings is 1. The van der Waals surface area contributed by atoms with E-state index >= 15 is 0 Å². The van der Waals surface area contributed by atoms with Crippen molar-refractivity contribution in [3.8, 4) is 0 Å². The zero-order valence-corrected chi connectivity index (χ0v) is 12.4. The summed E-state index contributed by atoms with van der Waals surface area (Å²) in [5.74, 6) is 0. The number of fused-ring (bicyclic) bond motifs is 1. The highest BCUT2D eigenvalue weighted by Gasteiger charge is 2.10. The molecule has 20 heavy (non-hydrogen) atoms. The lowest BCUT2D eigenvalue weighted by molar-refractivity contribution is 0.909. The highest BCUT2D eigenvalue weighted by Crippen LogP contribution is 2.32. The molecule has 0 spiro atoms. The Morgan fingerprint density at radius 3 is 2.80 bits per heavy atom. The number of nitrogen functional groups attached to an aromatic ring is 1. The van der Waals surface area contributed by atoms with Crippen molar-refractivity contribution >= 4 is 33.5 Å². The summed E-state index contributed by atoms with van der Waals surface area (Å²) in [5, 5.41) is 5.60. The Hall–Kier alpha value is -2.07. The number of nitrogens with zero attached hydrogens (tertiary/aromatic N) is 1. The summed E-state index contributed by atoms with van der Waals surface area (Å²) < 4.78 is 0. The van der Waals surface area contributed by atoms with Crippen LogP contribution in [0.1, 0.15) is 22.7 Å². The summed E-state index contributed by atoms with van der Waals surface area (Å²) in [7, 11) is 0. The van der Waals surface area contributed by atoms with Crippen LogP contribution in [0.15, 0.2) is 42.7 Å². The number of anilines is 2. The van der Waals surface area contributed by atoms with Crippen molar-refractivity contribution in [3.05, 3.63) is 52.5 Å². The van der Waals surface area contributed by atoms with Gasteiger partial charge in [-0.3, -0.25) is 4.98 Å². The molecule has 3 aromatic rings. The molecule has 1 unspecified atom stereocenters. The Bertz CT molecular complexity index is 748. The number of aryl methyl sites for hydroxylation is 1. The van der Waals surface area contributed by atoms with E-state index in [1.165, 1.54) is 9.75 Å². The third kappa shape index (κ3) is 2.34. The third-order valence-corrected chi connectivity index (χ3v) is 4.61. The van der Waals surface area contributed by atoms with Crippen molar-refractivity contribution < 1.29 is 0 Å². The van der Waals surface area contributed by atoms with Crippen LogP contribution in [0, 0.1) is 6.92 Å². The van der Waals surface area contributed by atoms with Gasteiger partial charge in [0.25, 0.3) is 0 Å². The molecule has 3 nitrogen and oxygen atoms in total. The van der Waals surface area contributed by atoms with Crippen LogP contribution in [0.4, 0.5) is 11.4 Å². The Morgan fingerprint density at radius 1 is 1.20 bits per heavy atom. The fourth-order valence-corrected chi connectivity index (χ4v) is 3.19. The average Bonchev–Trinajstić information content (AvgIpc) is 2.89. The maximum absolute atomic E-state index is 6.26. The minimum Gasteiger partial charge on any atom is -0.397 e. The summed E-state index contributed by atoms with van der Waals surface area (Å²) in [5.41, 5.74) is 8.02. The van der Waals surface area contributed by atoms with Gasteiger partial charge in [0.15, 0.2) is 0 Å². The first-order chi connectivity index (χ1) is 9.65. The number of nitrogens with two attached hydrogens (primary N) is 1. The van der Waals surface area contributed by atoms with Gasteiger partial charge in [-0.1, -0.05) is 6.07 Å². The molecule has 4 heteroatoms. The molecule has 0 saturated carbocycles. The molecular weight excluding hydrogens is 266 g/mol. The molecule has 102 valence electrons. The van der Waals surface area contributed by atoms with Gasteiger partial charge >= 0.3 is 0 Å². The van der Waals surface area contributed by atoms with Gasteiger partial charge in [-0.2, -0.15) is 0 Å². The van der Waals surface area contributed by atoms with Crippen LogP contribution in [-0.4, -0.2) is 4.98 Å². The molecule has 0 saturated heterocycles. The SMILES string of the molecule is Cc1ccc(C(C)Nc2ccc3cnccc3c2N)s1. The number of hydrogen-bond donors (Lipinski definition) is 2. The highest BCUT2D eigenvalue weighted by molar-refractivity contribution is 7.12. The lowest BCUT2D eigenvalue weighted by Crippen LogP contribution is -2.07. The van der Waals surface area contributed by atoms with E-state index in [2.05, 4.69) is 36.3 Å². The van der Waals surface area contributed by atoms with Crippen LogP contribution in [0.2, 0.25) is 0 Å². The molecule has 0 aliphatic heterocycles. The van der Waals surface area contributed by atoms with E-state index in [4.69, 9.17) is 5.73 Å². The van der Waals surface area contributed by atoms with E-state index in [1.807, 2.05) is 35.7 Å². The molecule has 0 bridgehead atoms. The zero-order chi connectivity index (χ0) is 14.1. The standard InChI is InChI=1S/C16H17N3S/c1-10-3-6-15(20-10)11(2)19-14-5-4-12-9-18-8-7-13(12)16(14)17/h3-9,11,19H,17H2,1-2H3. The average molecular weight is 283 g/mol. The number of benzene rings is 1. The summed E-state index contributed by atoms with van der Waals surface area (Å²) >= 11 is 1.81. The first kappa shape index (κ1) is 12.9. The Balaban J connectivity index is 1.93. The normalized spacial score (nSPS) is 12.5. The van der Waals surface area contributed by atoms with Crippen molar-refractivity contribution in [1.29, 1.82) is 0 Å². The molecule has 3 N–H and O–H groups in total. The van der Waals surface area contributed by atoms with Crippen molar-refractivity contribution in [2.75, 3.05) is 11.1 Å². The van der Waals surface area contributed by atoms with E-state index in [1.54, 1.807) is 6.20 Å². The van der Waals surface area contributed by atoms with Crippen LogP contribution in [0.3, 0.4) is 0 Å². The Morgan fingerprint density at radius 2 is 2.05 bits per heavy atom. The maximum atomic E-state index is 6.26. The fraction of sp³-hybridized carbons (Fsp3) is 0.188. The minimum atomic E-state index is 0.246. The van der Waals surface area contributed by atoms with Crippen LogP contribution >= 0.6 is 11.3 Å². The van der Waals surface area contributed by atoms with Gasteiger partial charge < -0.3 is 11.1 Å². The molecule has 1 aromatic carbocycles. The lowest BCUT2D eigenvalue weighted by Gasteiger charge is -2.16. The Kier molecular flexibility index (Phi) is 3.32. The van der Waals surface area contributed by atoms with Gasteiger partial charge in [0.1, 0.15) is 0 Å². The largest absolute Gasteiger partial charge is 0.397 e. The number of rotatable bonds is 3. The zero-order valence-electron chi connectivity index (χ0n) is 11.6. The summed E-state index contributed by atoms with van der Waals surface area (Å²) in [4.78, 5) is 6.76. The number of aromatic nitrogens is 1. The minimum absolute atomic E-state index is 0.246. The molecule has 2 aromatic heterocycles. The van der Waals surface area contributed by atoms with E-state index in [0.29, 0.717) is 0 Å². The first-order valence-corrected chi connectivity index (χ1v) is 7.42. The topological polar surface area (TPSA) is 50.9 Å². The maximum Gasteiger partial charge on any atom is 0.0630 e. The fourth-order valence-electron chi connectivity index (χ4n) is 2.31. The second kappa shape index (κ2) is 5.13. The van der Waals surface area contributed by atoms with Crippen LogP contribution in [0.25, 0.3) is 10.8 Å². The van der Waals surface area contributed by atoms with Gasteiger partial charge in [0.05, 0.1) is 17.4 Å². The van der Waals surface area contributed by atoms with E-state index in [-0.39, 0.29) is 6.04 Å². The monoisotopic (exact) mass is 283 g/mol. The van der Waals surface area contributed by atoms with Crippen LogP contribution in [-0.2, 0) is 0 Å². The van der Waals surface area contributed by atoms with E-state index in [0.717, 1.165) is 22.1 Å². The van der Waals surface area contributed by atoms with Gasteiger partial charge in [-0.25, -0.2) is 0 Å². The second-order valence-corrected chi connectivity index (χ2v) is 6.26. The van der Waals surface area contributed by atoms with Gasteiger partial charge in [0, 0.05) is 32.9 Å². The van der Waals surface area contributed by atoms with Gasteiger partial charge in [-0.05, 0) is 38.1 Å². The Labute approximate surface area is 122 Å². The van der Waals surface area contributed by atoms with Crippen LogP contribution < -0.4 is 11.1 Å². The smallest absolute Gasteiger partial charge is 0.0630 e. The molecule has 2 heterocycles. The predicted molar refractivity (Wildman–Crippen MR) is 87.2 cm³/mol. The third-order valence-electron chi connectivity index (χ3n) is 3.42. The molecule has 3 rings (SSSR count). The van der Waals surface area contributed by atoms with Gasteiger partial charge in [0.2, 0.25) is 0 Å². The molecule has 0 fully saturated rings. The lowest BCUT2D eigenvalue weighted by atomic mass is 10.1. The quantitative estimate of drug-likeness (QED) is 0.702. The summed E-state index contributed by atoms with van der Waals surface area (Å²) in [6.07, 6.45) is 3.61. The van der Waals surface area contributed by atoms with Crippen molar-refractivity contribution in [1.82, 2.24) is 4.98 Å². The summed E-state index contributed by atoms with van der Waals surface area (Å²) in [6, 6.07) is 10.6. The molecule has 0 aliphatic carbocycles. The molecule has 0 amide bonds. The van der Waals surface area contributed by atoms with Crippen molar-refractivity contribution in [3.63, 3.8) is 0 Å². The molecule has 0 radical (unpaired) electrons. The van der Waals surface area contributed by atoms with Crippen LogP contribution in [0.5, 0.6) is 0 Å². The summed E-state index contributed by atoms with van der Waals surface area (Å²) in [6.45, 7) is 4.28. The van der Waals surface area contributed by atoms with Crippen molar-refractivity contribution in [2.45, 2.75) is 19.9 Å². The predicted octanol–water partition coefficient (Wildman–Crippen LogP) is 4.36.